The fourth-order valence-corrected chi connectivity index (χ4v) is 2.30. The van der Waals surface area contributed by atoms with E-state index >= 15 is 0 Å². The third-order valence-electron chi connectivity index (χ3n) is 3.55. The number of nitrogens with zero attached hydrogens (tertiary/aromatic N) is 3. The first-order valence-electron chi connectivity index (χ1n) is 6.63. The molecule has 1 aliphatic rings. The molecule has 2 N–H and O–H groups in total. The van der Waals surface area contributed by atoms with Gasteiger partial charge in [0.1, 0.15) is 0 Å². The van der Waals surface area contributed by atoms with E-state index in [-0.39, 0.29) is 12.1 Å². The average Bonchev–Trinajstić information content (AvgIpc) is 2.76. The van der Waals surface area contributed by atoms with E-state index < -0.39 is 0 Å². The Morgan fingerprint density at radius 2 is 2.33 bits per heavy atom. The van der Waals surface area contributed by atoms with E-state index in [9.17, 15) is 0 Å². The summed E-state index contributed by atoms with van der Waals surface area (Å²) < 4.78 is 7.92. The van der Waals surface area contributed by atoms with Crippen molar-refractivity contribution in [3.63, 3.8) is 0 Å². The monoisotopic (exact) mass is 252 g/mol. The standard InChI is InChI=1S/C13H24N4O/c1-10(2)13(14)12-6-15-9-17(12)8-11-7-16(3)4-5-18-11/h6,9-11,13H,4-5,7-8,14H2,1-3H3. The van der Waals surface area contributed by atoms with Crippen LogP contribution in [0, 0.1) is 5.92 Å². The molecule has 0 amide bonds. The molecule has 18 heavy (non-hydrogen) atoms. The minimum absolute atomic E-state index is 0.0359. The first kappa shape index (κ1) is 13.5. The smallest absolute Gasteiger partial charge is 0.0949 e. The van der Waals surface area contributed by atoms with Gasteiger partial charge in [0, 0.05) is 25.3 Å². The largest absolute Gasteiger partial charge is 0.374 e. The molecule has 1 fully saturated rings. The lowest BCUT2D eigenvalue weighted by molar-refractivity contribution is -0.0279. The summed E-state index contributed by atoms with van der Waals surface area (Å²) >= 11 is 0. The van der Waals surface area contributed by atoms with E-state index in [2.05, 4.69) is 35.3 Å². The molecule has 2 rings (SSSR count). The van der Waals surface area contributed by atoms with Crippen molar-refractivity contribution in [3.8, 4) is 0 Å². The van der Waals surface area contributed by atoms with Crippen LogP contribution in [0.2, 0.25) is 0 Å². The number of hydrogen-bond donors (Lipinski definition) is 1. The number of aromatic nitrogens is 2. The molecule has 2 atom stereocenters. The summed E-state index contributed by atoms with van der Waals surface area (Å²) in [6.45, 7) is 7.88. The van der Waals surface area contributed by atoms with Gasteiger partial charge in [0.2, 0.25) is 0 Å². The van der Waals surface area contributed by atoms with Crippen LogP contribution in [0.15, 0.2) is 12.5 Å². The van der Waals surface area contributed by atoms with Gasteiger partial charge in [-0.2, -0.15) is 0 Å². The Bertz CT molecular complexity index is 377. The Morgan fingerprint density at radius 3 is 3.00 bits per heavy atom. The van der Waals surface area contributed by atoms with Crippen LogP contribution in [0.5, 0.6) is 0 Å². The van der Waals surface area contributed by atoms with Crippen molar-refractivity contribution in [2.75, 3.05) is 26.7 Å². The molecule has 0 radical (unpaired) electrons. The predicted octanol–water partition coefficient (Wildman–Crippen LogP) is 0.870. The topological polar surface area (TPSA) is 56.3 Å². The van der Waals surface area contributed by atoms with Crippen LogP contribution < -0.4 is 5.73 Å². The van der Waals surface area contributed by atoms with Gasteiger partial charge in [0.25, 0.3) is 0 Å². The van der Waals surface area contributed by atoms with Crippen molar-refractivity contribution in [2.24, 2.45) is 11.7 Å². The highest BCUT2D eigenvalue weighted by Crippen LogP contribution is 2.19. The van der Waals surface area contributed by atoms with Crippen LogP contribution in [0.25, 0.3) is 0 Å². The number of ether oxygens (including phenoxy) is 1. The number of nitrogens with two attached hydrogens (primary N) is 1. The first-order valence-corrected chi connectivity index (χ1v) is 6.63. The highest BCUT2D eigenvalue weighted by molar-refractivity contribution is 5.05. The summed E-state index contributed by atoms with van der Waals surface area (Å²) in [5, 5.41) is 0. The van der Waals surface area contributed by atoms with E-state index in [0.717, 1.165) is 31.9 Å². The summed E-state index contributed by atoms with van der Waals surface area (Å²) in [6.07, 6.45) is 3.96. The second kappa shape index (κ2) is 5.82. The van der Waals surface area contributed by atoms with Gasteiger partial charge < -0.3 is 19.9 Å². The predicted molar refractivity (Wildman–Crippen MR) is 71.2 cm³/mol. The number of hydrogen-bond acceptors (Lipinski definition) is 4. The molecule has 5 nitrogen and oxygen atoms in total. The molecular weight excluding hydrogens is 228 g/mol. The van der Waals surface area contributed by atoms with E-state index in [0.29, 0.717) is 5.92 Å². The SMILES string of the molecule is CC(C)C(N)c1cncn1CC1CN(C)CCO1. The van der Waals surface area contributed by atoms with Crippen LogP contribution in [0.4, 0.5) is 0 Å². The molecule has 1 aromatic heterocycles. The lowest BCUT2D eigenvalue weighted by Gasteiger charge is -2.31. The van der Waals surface area contributed by atoms with Crippen molar-refractivity contribution in [1.82, 2.24) is 14.5 Å². The number of rotatable bonds is 4. The van der Waals surface area contributed by atoms with Crippen molar-refractivity contribution >= 4 is 0 Å². The molecule has 0 aliphatic carbocycles. The van der Waals surface area contributed by atoms with Crippen LogP contribution in [-0.2, 0) is 11.3 Å². The first-order chi connectivity index (χ1) is 8.58. The Kier molecular flexibility index (Phi) is 4.37. The lowest BCUT2D eigenvalue weighted by atomic mass is 10.0. The zero-order chi connectivity index (χ0) is 13.1. The molecule has 0 spiro atoms. The third kappa shape index (κ3) is 3.10. The molecule has 1 aromatic rings. The highest BCUT2D eigenvalue weighted by Gasteiger charge is 2.21. The van der Waals surface area contributed by atoms with Crippen LogP contribution in [-0.4, -0.2) is 47.3 Å². The zero-order valence-corrected chi connectivity index (χ0v) is 11.5. The number of morpholine rings is 1. The molecule has 0 aromatic carbocycles. The Balaban J connectivity index is 2.03. The number of likely N-dealkylation sites (N-methyl/N-ethyl adjacent to an activating group) is 1. The highest BCUT2D eigenvalue weighted by atomic mass is 16.5. The quantitative estimate of drug-likeness (QED) is 0.864. The number of imidazole rings is 1. The van der Waals surface area contributed by atoms with E-state index in [4.69, 9.17) is 10.5 Å². The second-order valence-electron chi connectivity index (χ2n) is 5.50. The zero-order valence-electron chi connectivity index (χ0n) is 11.5. The molecule has 1 aliphatic heterocycles. The maximum atomic E-state index is 6.20. The minimum atomic E-state index is 0.0359. The second-order valence-corrected chi connectivity index (χ2v) is 5.50. The lowest BCUT2D eigenvalue weighted by Crippen LogP contribution is -2.42. The Morgan fingerprint density at radius 1 is 1.56 bits per heavy atom. The molecule has 0 saturated carbocycles. The Hall–Kier alpha value is -0.910. The van der Waals surface area contributed by atoms with E-state index in [1.807, 2.05) is 12.5 Å². The summed E-state index contributed by atoms with van der Waals surface area (Å²) in [5.41, 5.74) is 7.30. The average molecular weight is 252 g/mol. The van der Waals surface area contributed by atoms with Crippen molar-refractivity contribution in [1.29, 1.82) is 0 Å². The van der Waals surface area contributed by atoms with Crippen LogP contribution >= 0.6 is 0 Å². The molecule has 2 unspecified atom stereocenters. The van der Waals surface area contributed by atoms with Gasteiger partial charge in [-0.3, -0.25) is 0 Å². The molecule has 0 bridgehead atoms. The summed E-state index contributed by atoms with van der Waals surface area (Å²) in [6, 6.07) is 0.0359. The van der Waals surface area contributed by atoms with Gasteiger partial charge >= 0.3 is 0 Å². The van der Waals surface area contributed by atoms with Gasteiger partial charge in [0.15, 0.2) is 0 Å². The Labute approximate surface area is 109 Å². The van der Waals surface area contributed by atoms with Crippen LogP contribution in [0.1, 0.15) is 25.6 Å². The molecule has 5 heteroatoms. The van der Waals surface area contributed by atoms with Crippen LogP contribution in [0.3, 0.4) is 0 Å². The summed E-state index contributed by atoms with van der Waals surface area (Å²) in [4.78, 5) is 6.52. The normalized spacial score (nSPS) is 23.5. The van der Waals surface area contributed by atoms with Crippen molar-refractivity contribution in [2.45, 2.75) is 32.5 Å². The maximum Gasteiger partial charge on any atom is 0.0949 e. The molecule has 2 heterocycles. The molecular formula is C13H24N4O. The maximum absolute atomic E-state index is 6.20. The molecule has 102 valence electrons. The summed E-state index contributed by atoms with van der Waals surface area (Å²) in [7, 11) is 2.13. The molecule has 1 saturated heterocycles. The van der Waals surface area contributed by atoms with Gasteiger partial charge in [-0.25, -0.2) is 4.98 Å². The minimum Gasteiger partial charge on any atom is -0.374 e. The van der Waals surface area contributed by atoms with Gasteiger partial charge in [-0.05, 0) is 13.0 Å². The fraction of sp³-hybridized carbons (Fsp3) is 0.769. The van der Waals surface area contributed by atoms with Crippen molar-refractivity contribution in [3.05, 3.63) is 18.2 Å². The summed E-state index contributed by atoms with van der Waals surface area (Å²) in [5.74, 6) is 0.412. The van der Waals surface area contributed by atoms with Gasteiger partial charge in [-0.1, -0.05) is 13.8 Å². The third-order valence-corrected chi connectivity index (χ3v) is 3.55. The fourth-order valence-electron chi connectivity index (χ4n) is 2.30. The van der Waals surface area contributed by atoms with E-state index in [1.54, 1.807) is 0 Å². The van der Waals surface area contributed by atoms with Crippen molar-refractivity contribution < 1.29 is 4.74 Å². The van der Waals surface area contributed by atoms with Gasteiger partial charge in [0.05, 0.1) is 31.3 Å². The van der Waals surface area contributed by atoms with E-state index in [1.165, 1.54) is 0 Å². The van der Waals surface area contributed by atoms with Gasteiger partial charge in [-0.15, -0.1) is 0 Å².